The van der Waals surface area contributed by atoms with Gasteiger partial charge in [-0.1, -0.05) is 23.2 Å². The number of nitrogens with two attached hydrogens (primary N) is 1. The van der Waals surface area contributed by atoms with Crippen LogP contribution in [0, 0.1) is 0 Å². The van der Waals surface area contributed by atoms with E-state index < -0.39 is 0 Å². The summed E-state index contributed by atoms with van der Waals surface area (Å²) in [6, 6.07) is 5.71. The summed E-state index contributed by atoms with van der Waals surface area (Å²) < 4.78 is 5.77. The summed E-state index contributed by atoms with van der Waals surface area (Å²) in [7, 11) is 0. The second kappa shape index (κ2) is 5.37. The van der Waals surface area contributed by atoms with Crippen LogP contribution in [0.25, 0.3) is 0 Å². The van der Waals surface area contributed by atoms with E-state index in [4.69, 9.17) is 33.7 Å². The zero-order valence-corrected chi connectivity index (χ0v) is 10.5. The summed E-state index contributed by atoms with van der Waals surface area (Å²) in [6.45, 7) is 0.511. The van der Waals surface area contributed by atoms with Gasteiger partial charge in [0.2, 0.25) is 0 Å². The van der Waals surface area contributed by atoms with Gasteiger partial charge in [-0.25, -0.2) is 0 Å². The normalized spacial score (nSPS) is 24.9. The molecule has 1 aliphatic rings. The minimum absolute atomic E-state index is 0.269. The first-order valence-electron chi connectivity index (χ1n) is 5.46. The predicted octanol–water partition coefficient (Wildman–Crippen LogP) is 3.39. The Bertz CT molecular complexity index is 370. The van der Waals surface area contributed by atoms with Crippen LogP contribution in [0.5, 0.6) is 0 Å². The van der Waals surface area contributed by atoms with Gasteiger partial charge < -0.3 is 10.5 Å². The zero-order valence-electron chi connectivity index (χ0n) is 8.96. The standard InChI is InChI=1S/C12H15Cl2NO/c13-9-1-4-12(14)8(5-9)7-16-11-3-2-10(15)6-11/h1,4-5,10-11H,2-3,6-7,15H2. The van der Waals surface area contributed by atoms with Crippen LogP contribution < -0.4 is 5.73 Å². The van der Waals surface area contributed by atoms with Gasteiger partial charge in [-0.05, 0) is 43.0 Å². The third-order valence-corrected chi connectivity index (χ3v) is 3.51. The van der Waals surface area contributed by atoms with Crippen LogP contribution in [0.3, 0.4) is 0 Å². The molecule has 2 atom stereocenters. The fraction of sp³-hybridized carbons (Fsp3) is 0.500. The average molecular weight is 260 g/mol. The summed E-state index contributed by atoms with van der Waals surface area (Å²) in [5.74, 6) is 0. The first-order valence-corrected chi connectivity index (χ1v) is 6.22. The molecule has 0 radical (unpaired) electrons. The Kier molecular flexibility index (Phi) is 4.09. The predicted molar refractivity (Wildman–Crippen MR) is 66.9 cm³/mol. The number of halogens is 2. The fourth-order valence-corrected chi connectivity index (χ4v) is 2.35. The Morgan fingerprint density at radius 3 is 2.81 bits per heavy atom. The molecule has 1 aromatic rings. The molecule has 1 aliphatic carbocycles. The Hall–Kier alpha value is -0.280. The number of rotatable bonds is 3. The molecule has 0 spiro atoms. The Morgan fingerprint density at radius 2 is 2.12 bits per heavy atom. The van der Waals surface area contributed by atoms with Crippen LogP contribution in [-0.4, -0.2) is 12.1 Å². The summed E-state index contributed by atoms with van der Waals surface area (Å²) in [5.41, 5.74) is 6.76. The summed E-state index contributed by atoms with van der Waals surface area (Å²) in [4.78, 5) is 0. The van der Waals surface area contributed by atoms with Gasteiger partial charge in [0.25, 0.3) is 0 Å². The highest BCUT2D eigenvalue weighted by Gasteiger charge is 2.22. The highest BCUT2D eigenvalue weighted by atomic mass is 35.5. The lowest BCUT2D eigenvalue weighted by molar-refractivity contribution is 0.0449. The van der Waals surface area contributed by atoms with Crippen LogP contribution in [0.1, 0.15) is 24.8 Å². The molecule has 2 nitrogen and oxygen atoms in total. The molecule has 1 fully saturated rings. The molecule has 0 heterocycles. The second-order valence-corrected chi connectivity index (χ2v) is 5.09. The smallest absolute Gasteiger partial charge is 0.0735 e. The van der Waals surface area contributed by atoms with Crippen molar-refractivity contribution in [3.63, 3.8) is 0 Å². The van der Waals surface area contributed by atoms with E-state index in [0.717, 1.165) is 24.8 Å². The van der Waals surface area contributed by atoms with E-state index in [1.54, 1.807) is 12.1 Å². The number of hydrogen-bond donors (Lipinski definition) is 1. The van der Waals surface area contributed by atoms with Gasteiger partial charge in [0.1, 0.15) is 0 Å². The van der Waals surface area contributed by atoms with Gasteiger partial charge in [0.05, 0.1) is 12.7 Å². The summed E-state index contributed by atoms with van der Waals surface area (Å²) in [5, 5.41) is 1.39. The highest BCUT2D eigenvalue weighted by molar-refractivity contribution is 6.33. The lowest BCUT2D eigenvalue weighted by Gasteiger charge is -2.12. The molecule has 4 heteroatoms. The van der Waals surface area contributed by atoms with Crippen molar-refractivity contribution in [3.8, 4) is 0 Å². The van der Waals surface area contributed by atoms with Gasteiger partial charge >= 0.3 is 0 Å². The lowest BCUT2D eigenvalue weighted by Crippen LogP contribution is -2.17. The number of ether oxygens (including phenoxy) is 1. The number of benzene rings is 1. The molecular formula is C12H15Cl2NO. The minimum atomic E-state index is 0.269. The Morgan fingerprint density at radius 1 is 1.31 bits per heavy atom. The first kappa shape index (κ1) is 12.2. The number of hydrogen-bond acceptors (Lipinski definition) is 2. The van der Waals surface area contributed by atoms with Gasteiger partial charge in [-0.3, -0.25) is 0 Å². The topological polar surface area (TPSA) is 35.2 Å². The largest absolute Gasteiger partial charge is 0.373 e. The maximum atomic E-state index is 6.05. The second-order valence-electron chi connectivity index (χ2n) is 4.24. The molecule has 16 heavy (non-hydrogen) atoms. The molecule has 2 N–H and O–H groups in total. The van der Waals surface area contributed by atoms with Gasteiger partial charge in [-0.2, -0.15) is 0 Å². The van der Waals surface area contributed by atoms with Crippen molar-refractivity contribution in [3.05, 3.63) is 33.8 Å². The monoisotopic (exact) mass is 259 g/mol. The van der Waals surface area contributed by atoms with Crippen molar-refractivity contribution in [2.45, 2.75) is 38.0 Å². The molecule has 0 saturated heterocycles. The molecule has 1 aromatic carbocycles. The quantitative estimate of drug-likeness (QED) is 0.904. The van der Waals surface area contributed by atoms with Gasteiger partial charge in [-0.15, -0.1) is 0 Å². The maximum absolute atomic E-state index is 6.05. The molecule has 0 aliphatic heterocycles. The molecule has 88 valence electrons. The van der Waals surface area contributed by atoms with Crippen molar-refractivity contribution >= 4 is 23.2 Å². The van der Waals surface area contributed by atoms with Crippen molar-refractivity contribution < 1.29 is 4.74 Å². The Balaban J connectivity index is 1.91. The van der Waals surface area contributed by atoms with E-state index in [2.05, 4.69) is 0 Å². The molecule has 2 rings (SSSR count). The van der Waals surface area contributed by atoms with Gasteiger partial charge in [0.15, 0.2) is 0 Å². The zero-order chi connectivity index (χ0) is 11.5. The van der Waals surface area contributed by atoms with Gasteiger partial charge in [0, 0.05) is 16.1 Å². The minimum Gasteiger partial charge on any atom is -0.373 e. The molecule has 0 amide bonds. The van der Waals surface area contributed by atoms with Crippen molar-refractivity contribution in [2.75, 3.05) is 0 Å². The first-order chi connectivity index (χ1) is 7.65. The average Bonchev–Trinajstić information content (AvgIpc) is 2.66. The van der Waals surface area contributed by atoms with E-state index in [-0.39, 0.29) is 6.10 Å². The molecule has 2 unspecified atom stereocenters. The third kappa shape index (κ3) is 3.11. The van der Waals surface area contributed by atoms with Crippen molar-refractivity contribution in [2.24, 2.45) is 5.73 Å². The Labute approximate surface area is 106 Å². The van der Waals surface area contributed by atoms with Crippen molar-refractivity contribution in [1.82, 2.24) is 0 Å². The van der Waals surface area contributed by atoms with Crippen molar-refractivity contribution in [1.29, 1.82) is 0 Å². The van der Waals surface area contributed by atoms with Crippen LogP contribution in [0.4, 0.5) is 0 Å². The third-order valence-electron chi connectivity index (χ3n) is 2.91. The van der Waals surface area contributed by atoms with E-state index in [1.807, 2.05) is 6.07 Å². The van der Waals surface area contributed by atoms with Crippen LogP contribution in [0.15, 0.2) is 18.2 Å². The highest BCUT2D eigenvalue weighted by Crippen LogP contribution is 2.25. The van der Waals surface area contributed by atoms with Crippen LogP contribution in [-0.2, 0) is 11.3 Å². The maximum Gasteiger partial charge on any atom is 0.0735 e. The molecule has 0 bridgehead atoms. The SMILES string of the molecule is NC1CCC(OCc2cc(Cl)ccc2Cl)C1. The van der Waals surface area contributed by atoms with E-state index in [0.29, 0.717) is 22.7 Å². The van der Waals surface area contributed by atoms with E-state index in [9.17, 15) is 0 Å². The fourth-order valence-electron chi connectivity index (χ4n) is 1.99. The van der Waals surface area contributed by atoms with E-state index >= 15 is 0 Å². The van der Waals surface area contributed by atoms with E-state index in [1.165, 1.54) is 0 Å². The van der Waals surface area contributed by atoms with Crippen LogP contribution in [0.2, 0.25) is 10.0 Å². The van der Waals surface area contributed by atoms with Crippen LogP contribution >= 0.6 is 23.2 Å². The molecular weight excluding hydrogens is 245 g/mol. The molecule has 1 saturated carbocycles. The lowest BCUT2D eigenvalue weighted by atomic mass is 10.2. The summed E-state index contributed by atoms with van der Waals surface area (Å²) in [6.07, 6.45) is 3.30. The molecule has 0 aromatic heterocycles. The summed E-state index contributed by atoms with van der Waals surface area (Å²) >= 11 is 11.9.